The second-order valence-electron chi connectivity index (χ2n) is 10.5. The summed E-state index contributed by atoms with van der Waals surface area (Å²) < 4.78 is 47.6. The van der Waals surface area contributed by atoms with Crippen LogP contribution in [0.3, 0.4) is 0 Å². The first-order chi connectivity index (χ1) is 21.7. The van der Waals surface area contributed by atoms with Gasteiger partial charge in [0.25, 0.3) is 0 Å². The first-order valence-electron chi connectivity index (χ1n) is 14.1. The largest absolute Gasteiger partial charge is 0.463 e. The number of methoxy groups -OCH3 is 1. The van der Waals surface area contributed by atoms with Crippen LogP contribution < -0.4 is 0 Å². The molecule has 1 aliphatic heterocycles. The summed E-state index contributed by atoms with van der Waals surface area (Å²) in [5.74, 6) is -5.81. The predicted molar refractivity (Wildman–Crippen MR) is 161 cm³/mol. The van der Waals surface area contributed by atoms with Crippen molar-refractivity contribution in [3.8, 4) is 10.4 Å². The smallest absolute Gasteiger partial charge is 0.303 e. The molecule has 1 saturated heterocycles. The average Bonchev–Trinajstić information content (AvgIpc) is 3.48. The normalized spacial score (nSPS) is 22.4. The molecule has 1 aliphatic rings. The minimum Gasteiger partial charge on any atom is -0.463 e. The first kappa shape index (κ1) is 34.4. The highest BCUT2D eigenvalue weighted by Gasteiger charge is 2.61. The number of ketones is 1. The number of esters is 4. The van der Waals surface area contributed by atoms with Crippen LogP contribution in [0, 0.1) is 12.7 Å². The minimum absolute atomic E-state index is 0.191. The van der Waals surface area contributed by atoms with E-state index in [0.717, 1.165) is 31.2 Å². The summed E-state index contributed by atoms with van der Waals surface area (Å²) in [6.45, 7) is 5.81. The number of benzene rings is 2. The zero-order chi connectivity index (χ0) is 33.8. The Labute approximate surface area is 268 Å². The van der Waals surface area contributed by atoms with E-state index in [-0.39, 0.29) is 22.7 Å². The van der Waals surface area contributed by atoms with Crippen LogP contribution in [0.1, 0.15) is 54.1 Å². The number of halogens is 1. The zero-order valence-electron chi connectivity index (χ0n) is 26.0. The third-order valence-corrected chi connectivity index (χ3v) is 8.32. The predicted octanol–water partition coefficient (Wildman–Crippen LogP) is 4.65. The number of thiophene rings is 1. The second-order valence-corrected chi connectivity index (χ2v) is 11.6. The van der Waals surface area contributed by atoms with Crippen molar-refractivity contribution < 1.29 is 56.8 Å². The van der Waals surface area contributed by atoms with E-state index in [1.807, 2.05) is 0 Å². The van der Waals surface area contributed by atoms with Gasteiger partial charge in [-0.2, -0.15) is 0 Å². The summed E-state index contributed by atoms with van der Waals surface area (Å²) in [7, 11) is 1.26. The number of rotatable bonds is 10. The molecule has 0 N–H and O–H groups in total. The van der Waals surface area contributed by atoms with E-state index in [0.29, 0.717) is 10.4 Å². The number of carbonyl (C=O) groups is 5. The van der Waals surface area contributed by atoms with Gasteiger partial charge in [0.05, 0.1) is 4.88 Å². The molecule has 0 spiro atoms. The number of hydrogen-bond donors (Lipinski definition) is 0. The Balaban J connectivity index is 1.84. The lowest BCUT2D eigenvalue weighted by Gasteiger charge is -2.50. The molecule has 0 saturated carbocycles. The van der Waals surface area contributed by atoms with E-state index >= 15 is 0 Å². The summed E-state index contributed by atoms with van der Waals surface area (Å²) >= 11 is 1.22. The molecule has 3 aromatic rings. The van der Waals surface area contributed by atoms with Crippen LogP contribution in [0.5, 0.6) is 0 Å². The van der Waals surface area contributed by atoms with Gasteiger partial charge in [-0.1, -0.05) is 24.3 Å². The molecule has 244 valence electrons. The van der Waals surface area contributed by atoms with Gasteiger partial charge < -0.3 is 28.4 Å². The molecule has 13 heteroatoms. The second kappa shape index (κ2) is 14.3. The molecule has 0 bridgehead atoms. The highest BCUT2D eigenvalue weighted by molar-refractivity contribution is 7.17. The summed E-state index contributed by atoms with van der Waals surface area (Å²) in [6.07, 6.45) is -5.72. The van der Waals surface area contributed by atoms with Crippen molar-refractivity contribution in [1.29, 1.82) is 0 Å². The third-order valence-electron chi connectivity index (χ3n) is 7.18. The van der Waals surface area contributed by atoms with Crippen molar-refractivity contribution >= 4 is 41.0 Å². The van der Waals surface area contributed by atoms with Crippen LogP contribution in [0.2, 0.25) is 0 Å². The number of carbonyl (C=O) groups excluding carboxylic acids is 5. The van der Waals surface area contributed by atoms with E-state index in [1.54, 1.807) is 43.3 Å². The molecule has 1 fully saturated rings. The van der Waals surface area contributed by atoms with Crippen LogP contribution in [0.15, 0.2) is 54.6 Å². The Hall–Kier alpha value is -4.46. The zero-order valence-corrected chi connectivity index (χ0v) is 26.8. The van der Waals surface area contributed by atoms with Crippen LogP contribution >= 0.6 is 11.3 Å². The van der Waals surface area contributed by atoms with E-state index < -0.39 is 60.7 Å². The molecule has 11 nitrogen and oxygen atoms in total. The molecule has 0 amide bonds. The fourth-order valence-corrected chi connectivity index (χ4v) is 6.19. The first-order valence-corrected chi connectivity index (χ1v) is 15.0. The van der Waals surface area contributed by atoms with Gasteiger partial charge in [-0.05, 0) is 48.4 Å². The van der Waals surface area contributed by atoms with Crippen molar-refractivity contribution in [3.63, 3.8) is 0 Å². The van der Waals surface area contributed by atoms with E-state index in [2.05, 4.69) is 0 Å². The van der Waals surface area contributed by atoms with Crippen LogP contribution in [-0.2, 0) is 53.4 Å². The molecule has 1 aromatic heterocycles. The monoisotopic (exact) mass is 656 g/mol. The Bertz CT molecular complexity index is 1630. The summed E-state index contributed by atoms with van der Waals surface area (Å²) in [5.41, 5.74) is 1.79. The standard InChI is InChI=1S/C33H33FO11S/c1-17-7-10-23(15-25(17)29(39)28-14-13-27(46-28)22-8-11-24(34)12-9-22)33(40-6)32(44-21(5)38)31(43-20(4)37)30(42-19(3)36)26(45-33)16-41-18(2)35/h7-15,26,30-32H,16H2,1-6H3. The maximum atomic E-state index is 13.9. The lowest BCUT2D eigenvalue weighted by Crippen LogP contribution is -2.67. The summed E-state index contributed by atoms with van der Waals surface area (Å²) in [6, 6.07) is 14.1. The highest BCUT2D eigenvalue weighted by Crippen LogP contribution is 2.44. The Morgan fingerprint density at radius 2 is 1.46 bits per heavy atom. The van der Waals surface area contributed by atoms with Gasteiger partial charge in [0.2, 0.25) is 17.7 Å². The van der Waals surface area contributed by atoms with Crippen molar-refractivity contribution in [2.75, 3.05) is 13.7 Å². The number of ether oxygens (including phenoxy) is 6. The van der Waals surface area contributed by atoms with Gasteiger partial charge in [-0.3, -0.25) is 24.0 Å². The molecule has 2 heterocycles. The quantitative estimate of drug-likeness (QED) is 0.171. The molecule has 4 rings (SSSR count). The van der Waals surface area contributed by atoms with Gasteiger partial charge in [-0.15, -0.1) is 11.3 Å². The molecule has 0 aliphatic carbocycles. The van der Waals surface area contributed by atoms with Crippen LogP contribution in [0.4, 0.5) is 4.39 Å². The lowest BCUT2D eigenvalue weighted by atomic mass is 9.85. The van der Waals surface area contributed by atoms with Gasteiger partial charge in [0.15, 0.2) is 12.2 Å². The molecule has 5 unspecified atom stereocenters. The minimum atomic E-state index is -2.05. The van der Waals surface area contributed by atoms with Crippen LogP contribution in [-0.4, -0.2) is 67.8 Å². The summed E-state index contributed by atoms with van der Waals surface area (Å²) in [4.78, 5) is 63.7. The van der Waals surface area contributed by atoms with E-state index in [9.17, 15) is 28.4 Å². The van der Waals surface area contributed by atoms with E-state index in [4.69, 9.17) is 28.4 Å². The van der Waals surface area contributed by atoms with Gasteiger partial charge >= 0.3 is 23.9 Å². The Morgan fingerprint density at radius 1 is 0.826 bits per heavy atom. The fourth-order valence-electron chi connectivity index (χ4n) is 5.23. The fraction of sp³-hybridized carbons (Fsp3) is 0.364. The highest BCUT2D eigenvalue weighted by atomic mass is 32.1. The van der Waals surface area contributed by atoms with Gasteiger partial charge in [0, 0.05) is 50.8 Å². The van der Waals surface area contributed by atoms with Gasteiger partial charge in [0.1, 0.15) is 18.5 Å². The van der Waals surface area contributed by atoms with Crippen LogP contribution in [0.25, 0.3) is 10.4 Å². The maximum Gasteiger partial charge on any atom is 0.303 e. The molecule has 2 aromatic carbocycles. The SMILES string of the molecule is COC1(c2ccc(C)c(C(=O)c3ccc(-c4ccc(F)cc4)s3)c2)OC(COC(C)=O)C(OC(C)=O)C(OC(C)=O)C1OC(C)=O. The molecule has 0 radical (unpaired) electrons. The maximum absolute atomic E-state index is 13.9. The third kappa shape index (κ3) is 7.49. The Morgan fingerprint density at radius 3 is 2.04 bits per heavy atom. The lowest BCUT2D eigenvalue weighted by molar-refractivity contribution is -0.367. The topological polar surface area (TPSA) is 141 Å². The van der Waals surface area contributed by atoms with Gasteiger partial charge in [-0.25, -0.2) is 4.39 Å². The Kier molecular flexibility index (Phi) is 10.7. The van der Waals surface area contributed by atoms with Crippen molar-refractivity contribution in [2.45, 2.75) is 64.8 Å². The van der Waals surface area contributed by atoms with E-state index in [1.165, 1.54) is 43.6 Å². The number of aryl methyl sites for hydroxylation is 1. The van der Waals surface area contributed by atoms with Crippen molar-refractivity contribution in [3.05, 3.63) is 82.0 Å². The summed E-state index contributed by atoms with van der Waals surface area (Å²) in [5, 5.41) is 0. The average molecular weight is 657 g/mol. The van der Waals surface area contributed by atoms with Crippen molar-refractivity contribution in [1.82, 2.24) is 0 Å². The number of hydrogen-bond acceptors (Lipinski definition) is 12. The van der Waals surface area contributed by atoms with Crippen molar-refractivity contribution in [2.24, 2.45) is 0 Å². The molecular formula is C33H33FO11S. The molecular weight excluding hydrogens is 623 g/mol. The molecule has 5 atom stereocenters. The molecule has 46 heavy (non-hydrogen) atoms.